The first-order valence-corrected chi connectivity index (χ1v) is 6.77. The predicted molar refractivity (Wildman–Crippen MR) is 77.6 cm³/mol. The van der Waals surface area contributed by atoms with E-state index in [0.29, 0.717) is 23.7 Å². The number of hydrogen-bond donors (Lipinski definition) is 1. The van der Waals surface area contributed by atoms with Gasteiger partial charge in [-0.25, -0.2) is 0 Å². The molecule has 0 bridgehead atoms. The minimum atomic E-state index is -2.85. The molecule has 0 aliphatic heterocycles. The maximum Gasteiger partial charge on any atom is 0.387 e. The van der Waals surface area contributed by atoms with Crippen LogP contribution in [-0.4, -0.2) is 11.6 Å². The van der Waals surface area contributed by atoms with Crippen LogP contribution in [-0.2, 0) is 13.1 Å². The Bertz CT molecular complexity index is 608. The number of aryl methyl sites for hydroxylation is 1. The molecule has 1 heterocycles. The molecule has 0 saturated carbocycles. The van der Waals surface area contributed by atoms with E-state index in [0.717, 1.165) is 11.1 Å². The van der Waals surface area contributed by atoms with Crippen LogP contribution in [0.15, 0.2) is 36.7 Å². The fourth-order valence-corrected chi connectivity index (χ4v) is 2.12. The Balaban J connectivity index is 2.02. The third-order valence-corrected chi connectivity index (χ3v) is 3.24. The largest absolute Gasteiger partial charge is 0.434 e. The highest BCUT2D eigenvalue weighted by Crippen LogP contribution is 2.24. The molecule has 1 aromatic heterocycles. The molecule has 0 aliphatic carbocycles. The Hall–Kier alpha value is -1.72. The molecule has 0 amide bonds. The quantitative estimate of drug-likeness (QED) is 0.877. The van der Waals surface area contributed by atoms with Crippen molar-refractivity contribution in [3.05, 3.63) is 58.4 Å². The zero-order valence-electron chi connectivity index (χ0n) is 11.4. The highest BCUT2D eigenvalue weighted by Gasteiger charge is 2.10. The van der Waals surface area contributed by atoms with Gasteiger partial charge in [-0.1, -0.05) is 11.6 Å². The van der Waals surface area contributed by atoms with Crippen molar-refractivity contribution < 1.29 is 13.5 Å². The van der Waals surface area contributed by atoms with Crippen LogP contribution in [0.1, 0.15) is 16.7 Å². The number of nitrogens with zero attached hydrogens (tertiary/aromatic N) is 1. The summed E-state index contributed by atoms with van der Waals surface area (Å²) in [6.07, 6.45) is 3.50. The minimum Gasteiger partial charge on any atom is -0.434 e. The predicted octanol–water partition coefficient (Wildman–Crippen LogP) is 3.93. The second-order valence-electron chi connectivity index (χ2n) is 4.54. The van der Waals surface area contributed by atoms with Crippen LogP contribution in [0.2, 0.25) is 5.02 Å². The smallest absolute Gasteiger partial charge is 0.387 e. The Kier molecular flexibility index (Phi) is 5.47. The fourth-order valence-electron chi connectivity index (χ4n) is 1.93. The van der Waals surface area contributed by atoms with E-state index in [1.165, 1.54) is 12.1 Å². The van der Waals surface area contributed by atoms with Gasteiger partial charge in [0.2, 0.25) is 0 Å². The number of pyridine rings is 1. The van der Waals surface area contributed by atoms with Crippen LogP contribution in [0.5, 0.6) is 5.75 Å². The van der Waals surface area contributed by atoms with Crippen LogP contribution in [0.3, 0.4) is 0 Å². The van der Waals surface area contributed by atoms with Gasteiger partial charge < -0.3 is 10.1 Å². The summed E-state index contributed by atoms with van der Waals surface area (Å²) in [7, 11) is 0. The van der Waals surface area contributed by atoms with E-state index < -0.39 is 6.61 Å². The molecule has 0 aliphatic rings. The first-order valence-electron chi connectivity index (χ1n) is 6.39. The van der Waals surface area contributed by atoms with Crippen molar-refractivity contribution in [2.75, 3.05) is 0 Å². The zero-order chi connectivity index (χ0) is 15.2. The summed E-state index contributed by atoms with van der Waals surface area (Å²) in [5, 5.41) is 3.67. The molecule has 0 radical (unpaired) electrons. The lowest BCUT2D eigenvalue weighted by Crippen LogP contribution is -2.15. The van der Waals surface area contributed by atoms with Crippen LogP contribution in [0.25, 0.3) is 0 Å². The Morgan fingerprint density at radius 1 is 1.24 bits per heavy atom. The molecule has 21 heavy (non-hydrogen) atoms. The SMILES string of the molecule is Cc1cnccc1CNCc1cc(Cl)ccc1OC(F)F. The number of alkyl halides is 2. The second kappa shape index (κ2) is 7.33. The van der Waals surface area contributed by atoms with Gasteiger partial charge in [0.25, 0.3) is 0 Å². The number of nitrogens with one attached hydrogen (secondary N) is 1. The lowest BCUT2D eigenvalue weighted by molar-refractivity contribution is -0.0505. The fraction of sp³-hybridized carbons (Fsp3) is 0.267. The monoisotopic (exact) mass is 312 g/mol. The van der Waals surface area contributed by atoms with Gasteiger partial charge in [0.05, 0.1) is 0 Å². The molecular formula is C15H15ClF2N2O. The Labute approximate surface area is 126 Å². The van der Waals surface area contributed by atoms with Crippen LogP contribution in [0, 0.1) is 6.92 Å². The molecule has 0 unspecified atom stereocenters. The number of rotatable bonds is 6. The lowest BCUT2D eigenvalue weighted by atomic mass is 10.1. The summed E-state index contributed by atoms with van der Waals surface area (Å²) in [6.45, 7) is 0.0982. The van der Waals surface area contributed by atoms with E-state index >= 15 is 0 Å². The molecule has 112 valence electrons. The molecule has 3 nitrogen and oxygen atoms in total. The molecule has 0 atom stereocenters. The topological polar surface area (TPSA) is 34.2 Å². The molecule has 1 aromatic carbocycles. The van der Waals surface area contributed by atoms with Crippen molar-refractivity contribution in [1.29, 1.82) is 0 Å². The molecule has 0 saturated heterocycles. The molecule has 1 N–H and O–H groups in total. The van der Waals surface area contributed by atoms with Crippen molar-refractivity contribution >= 4 is 11.6 Å². The van der Waals surface area contributed by atoms with Gasteiger partial charge in [-0.15, -0.1) is 0 Å². The van der Waals surface area contributed by atoms with Gasteiger partial charge in [-0.05, 0) is 42.3 Å². The normalized spacial score (nSPS) is 10.9. The summed E-state index contributed by atoms with van der Waals surface area (Å²) < 4.78 is 29.2. The lowest BCUT2D eigenvalue weighted by Gasteiger charge is -2.12. The first kappa shape index (κ1) is 15.7. The highest BCUT2D eigenvalue weighted by molar-refractivity contribution is 6.30. The van der Waals surface area contributed by atoms with Crippen molar-refractivity contribution in [2.24, 2.45) is 0 Å². The molecule has 2 rings (SSSR count). The van der Waals surface area contributed by atoms with Gasteiger partial charge in [-0.2, -0.15) is 8.78 Å². The zero-order valence-corrected chi connectivity index (χ0v) is 12.2. The highest BCUT2D eigenvalue weighted by atomic mass is 35.5. The molecule has 2 aromatic rings. The van der Waals surface area contributed by atoms with E-state index in [1.54, 1.807) is 18.5 Å². The third-order valence-electron chi connectivity index (χ3n) is 3.01. The van der Waals surface area contributed by atoms with Crippen molar-refractivity contribution in [3.8, 4) is 5.75 Å². The van der Waals surface area contributed by atoms with Gasteiger partial charge >= 0.3 is 6.61 Å². The van der Waals surface area contributed by atoms with Crippen LogP contribution < -0.4 is 10.1 Å². The van der Waals surface area contributed by atoms with E-state index in [9.17, 15) is 8.78 Å². The van der Waals surface area contributed by atoms with Gasteiger partial charge in [0.1, 0.15) is 5.75 Å². The van der Waals surface area contributed by atoms with Crippen molar-refractivity contribution in [2.45, 2.75) is 26.6 Å². The van der Waals surface area contributed by atoms with Crippen LogP contribution >= 0.6 is 11.6 Å². The molecule has 0 spiro atoms. The van der Waals surface area contributed by atoms with Crippen LogP contribution in [0.4, 0.5) is 8.78 Å². The first-order chi connectivity index (χ1) is 10.1. The van der Waals surface area contributed by atoms with E-state index in [1.807, 2.05) is 13.0 Å². The minimum absolute atomic E-state index is 0.133. The average molecular weight is 313 g/mol. The summed E-state index contributed by atoms with van der Waals surface area (Å²) in [5.74, 6) is 0.133. The number of aromatic nitrogens is 1. The standard InChI is InChI=1S/C15H15ClF2N2O/c1-10-7-19-5-4-11(10)8-20-9-12-6-13(16)2-3-14(12)21-15(17)18/h2-7,15,20H,8-9H2,1H3. The number of benzene rings is 1. The summed E-state index contributed by atoms with van der Waals surface area (Å²) >= 11 is 5.90. The summed E-state index contributed by atoms with van der Waals surface area (Å²) in [6, 6.07) is 6.50. The number of halogens is 3. The van der Waals surface area contributed by atoms with E-state index in [-0.39, 0.29) is 5.75 Å². The summed E-state index contributed by atoms with van der Waals surface area (Å²) in [5.41, 5.74) is 2.76. The third kappa shape index (κ3) is 4.65. The van der Waals surface area contributed by atoms with Gasteiger partial charge in [-0.3, -0.25) is 4.98 Å². The maximum absolute atomic E-state index is 12.4. The number of hydrogen-bond acceptors (Lipinski definition) is 3. The summed E-state index contributed by atoms with van der Waals surface area (Å²) in [4.78, 5) is 4.02. The molecule has 0 fully saturated rings. The Morgan fingerprint density at radius 3 is 2.71 bits per heavy atom. The van der Waals surface area contributed by atoms with E-state index in [4.69, 9.17) is 11.6 Å². The van der Waals surface area contributed by atoms with Crippen molar-refractivity contribution in [1.82, 2.24) is 10.3 Å². The molecule has 6 heteroatoms. The van der Waals surface area contributed by atoms with Gasteiger partial charge in [0, 0.05) is 36.1 Å². The number of ether oxygens (including phenoxy) is 1. The van der Waals surface area contributed by atoms with E-state index in [2.05, 4.69) is 15.0 Å². The maximum atomic E-state index is 12.4. The second-order valence-corrected chi connectivity index (χ2v) is 4.97. The van der Waals surface area contributed by atoms with Gasteiger partial charge in [0.15, 0.2) is 0 Å². The Morgan fingerprint density at radius 2 is 2.00 bits per heavy atom. The van der Waals surface area contributed by atoms with Crippen molar-refractivity contribution in [3.63, 3.8) is 0 Å². The molecular weight excluding hydrogens is 298 g/mol. The average Bonchev–Trinajstić information content (AvgIpc) is 2.43.